The van der Waals surface area contributed by atoms with Crippen LogP contribution in [0.5, 0.6) is 0 Å². The van der Waals surface area contributed by atoms with Crippen LogP contribution in [0.3, 0.4) is 0 Å². The Balaban J connectivity index is 1.51. The summed E-state index contributed by atoms with van der Waals surface area (Å²) in [4.78, 5) is 31.1. The van der Waals surface area contributed by atoms with Crippen LogP contribution in [0.15, 0.2) is 24.9 Å². The van der Waals surface area contributed by atoms with Crippen molar-refractivity contribution in [1.82, 2.24) is 24.8 Å². The largest absolute Gasteiger partial charge is 0.379 e. The number of carbonyl (C=O) groups is 1. The second-order valence-corrected chi connectivity index (χ2v) is 9.06. The van der Waals surface area contributed by atoms with Crippen molar-refractivity contribution >= 4 is 34.1 Å². The van der Waals surface area contributed by atoms with E-state index < -0.39 is 0 Å². The first-order chi connectivity index (χ1) is 15.1. The molecule has 2 aliphatic heterocycles. The standard InChI is InChI=1S/C21H29N7O2S/c1-3-19(29)28-6-4-5-16(14-28)23-20-24-17(13-27-7-9-30-10-8-27)11-18(25-20)26-21-22-12-15(2)31-21/h3,11-12,16H,1,4-10,13-14H2,2H3,(H2,22,23,24,25,26)/t16-/m0/s1. The Bertz CT molecular complexity index is 913. The maximum absolute atomic E-state index is 12.0. The fourth-order valence-corrected chi connectivity index (χ4v) is 4.50. The minimum Gasteiger partial charge on any atom is -0.379 e. The van der Waals surface area contributed by atoms with Gasteiger partial charge in [0.2, 0.25) is 11.9 Å². The molecule has 0 aromatic carbocycles. The number of nitrogens with one attached hydrogen (secondary N) is 2. The van der Waals surface area contributed by atoms with Gasteiger partial charge in [0.1, 0.15) is 5.82 Å². The molecule has 2 saturated heterocycles. The third kappa shape index (κ3) is 5.99. The van der Waals surface area contributed by atoms with Crippen molar-refractivity contribution in [2.45, 2.75) is 32.4 Å². The normalized spacial score (nSPS) is 19.8. The Hall–Kier alpha value is -2.56. The van der Waals surface area contributed by atoms with E-state index in [0.717, 1.165) is 67.9 Å². The van der Waals surface area contributed by atoms with E-state index in [0.29, 0.717) is 18.3 Å². The highest BCUT2D eigenvalue weighted by molar-refractivity contribution is 7.15. The summed E-state index contributed by atoms with van der Waals surface area (Å²) in [6, 6.07) is 2.08. The van der Waals surface area contributed by atoms with Gasteiger partial charge in [-0.2, -0.15) is 4.98 Å². The van der Waals surface area contributed by atoms with Gasteiger partial charge in [0.25, 0.3) is 0 Å². The molecule has 0 unspecified atom stereocenters. The fraction of sp³-hybridized carbons (Fsp3) is 0.524. The Morgan fingerprint density at radius 3 is 2.94 bits per heavy atom. The number of likely N-dealkylation sites (tertiary alicyclic amines) is 1. The maximum Gasteiger partial charge on any atom is 0.246 e. The van der Waals surface area contributed by atoms with Gasteiger partial charge in [0.15, 0.2) is 5.13 Å². The average Bonchev–Trinajstić information content (AvgIpc) is 3.18. The number of anilines is 3. The van der Waals surface area contributed by atoms with Gasteiger partial charge in [-0.15, -0.1) is 11.3 Å². The molecular formula is C21H29N7O2S. The van der Waals surface area contributed by atoms with Crippen molar-refractivity contribution in [2.75, 3.05) is 50.0 Å². The van der Waals surface area contributed by atoms with Crippen molar-refractivity contribution in [1.29, 1.82) is 0 Å². The van der Waals surface area contributed by atoms with E-state index in [4.69, 9.17) is 9.72 Å². The number of rotatable bonds is 7. The minimum absolute atomic E-state index is 0.0324. The van der Waals surface area contributed by atoms with Gasteiger partial charge in [-0.1, -0.05) is 6.58 Å². The number of hydrogen-bond donors (Lipinski definition) is 2. The van der Waals surface area contributed by atoms with E-state index in [-0.39, 0.29) is 11.9 Å². The summed E-state index contributed by atoms with van der Waals surface area (Å²) in [5.74, 6) is 1.25. The Labute approximate surface area is 186 Å². The molecule has 2 aromatic heterocycles. The lowest BCUT2D eigenvalue weighted by Crippen LogP contribution is -2.44. The Kier molecular flexibility index (Phi) is 7.10. The predicted molar refractivity (Wildman–Crippen MR) is 122 cm³/mol. The molecule has 2 aliphatic rings. The van der Waals surface area contributed by atoms with Crippen LogP contribution in [-0.4, -0.2) is 76.1 Å². The predicted octanol–water partition coefficient (Wildman–Crippen LogP) is 2.41. The molecular weight excluding hydrogens is 414 g/mol. The summed E-state index contributed by atoms with van der Waals surface area (Å²) in [6.45, 7) is 11.0. The number of aryl methyl sites for hydroxylation is 1. The van der Waals surface area contributed by atoms with Crippen LogP contribution < -0.4 is 10.6 Å². The van der Waals surface area contributed by atoms with Crippen LogP contribution in [0, 0.1) is 6.92 Å². The van der Waals surface area contributed by atoms with Gasteiger partial charge in [0.05, 0.1) is 18.9 Å². The second kappa shape index (κ2) is 10.2. The van der Waals surface area contributed by atoms with Gasteiger partial charge >= 0.3 is 0 Å². The number of piperidine rings is 1. The minimum atomic E-state index is -0.0324. The smallest absolute Gasteiger partial charge is 0.246 e. The molecule has 2 fully saturated rings. The number of hydrogen-bond acceptors (Lipinski definition) is 9. The highest BCUT2D eigenvalue weighted by Gasteiger charge is 2.23. The number of aromatic nitrogens is 3. The first-order valence-electron chi connectivity index (χ1n) is 10.6. The molecule has 9 nitrogen and oxygen atoms in total. The van der Waals surface area contributed by atoms with Gasteiger partial charge in [-0.05, 0) is 25.8 Å². The molecule has 4 rings (SSSR count). The number of nitrogens with zero attached hydrogens (tertiary/aromatic N) is 5. The molecule has 2 N–H and O–H groups in total. The van der Waals surface area contributed by atoms with E-state index >= 15 is 0 Å². The number of morpholine rings is 1. The van der Waals surface area contributed by atoms with Crippen LogP contribution in [0.4, 0.5) is 16.9 Å². The third-order valence-electron chi connectivity index (χ3n) is 5.37. The summed E-state index contributed by atoms with van der Waals surface area (Å²) in [5, 5.41) is 7.57. The highest BCUT2D eigenvalue weighted by atomic mass is 32.1. The zero-order valence-electron chi connectivity index (χ0n) is 17.8. The van der Waals surface area contributed by atoms with Crippen LogP contribution in [0.1, 0.15) is 23.4 Å². The number of carbonyl (C=O) groups excluding carboxylic acids is 1. The average molecular weight is 444 g/mol. The second-order valence-electron chi connectivity index (χ2n) is 7.83. The summed E-state index contributed by atoms with van der Waals surface area (Å²) >= 11 is 1.59. The molecule has 0 saturated carbocycles. The number of ether oxygens (including phenoxy) is 1. The zero-order valence-corrected chi connectivity index (χ0v) is 18.7. The Morgan fingerprint density at radius 2 is 2.19 bits per heavy atom. The molecule has 0 spiro atoms. The monoisotopic (exact) mass is 443 g/mol. The molecule has 31 heavy (non-hydrogen) atoms. The summed E-state index contributed by atoms with van der Waals surface area (Å²) in [5.41, 5.74) is 0.935. The topological polar surface area (TPSA) is 95.5 Å². The zero-order chi connectivity index (χ0) is 21.6. The quantitative estimate of drug-likeness (QED) is 0.630. The molecule has 10 heteroatoms. The Morgan fingerprint density at radius 1 is 1.35 bits per heavy atom. The summed E-state index contributed by atoms with van der Waals surface area (Å²) in [7, 11) is 0. The van der Waals surface area contributed by atoms with Crippen molar-refractivity contribution < 1.29 is 9.53 Å². The lowest BCUT2D eigenvalue weighted by Gasteiger charge is -2.32. The van der Waals surface area contributed by atoms with E-state index in [1.54, 1.807) is 11.3 Å². The third-order valence-corrected chi connectivity index (χ3v) is 6.19. The first kappa shape index (κ1) is 21.7. The van der Waals surface area contributed by atoms with Crippen LogP contribution in [0.25, 0.3) is 0 Å². The van der Waals surface area contributed by atoms with E-state index in [1.165, 1.54) is 6.08 Å². The van der Waals surface area contributed by atoms with Gasteiger partial charge in [-0.3, -0.25) is 9.69 Å². The maximum atomic E-state index is 12.0. The van der Waals surface area contributed by atoms with Crippen molar-refractivity contribution in [2.24, 2.45) is 0 Å². The lowest BCUT2D eigenvalue weighted by atomic mass is 10.1. The molecule has 166 valence electrons. The van der Waals surface area contributed by atoms with Gasteiger partial charge in [-0.25, -0.2) is 9.97 Å². The van der Waals surface area contributed by atoms with E-state index in [2.05, 4.69) is 32.1 Å². The lowest BCUT2D eigenvalue weighted by molar-refractivity contribution is -0.127. The van der Waals surface area contributed by atoms with Gasteiger partial charge in [0, 0.05) is 55.9 Å². The summed E-state index contributed by atoms with van der Waals surface area (Å²) < 4.78 is 5.46. The van der Waals surface area contributed by atoms with Crippen LogP contribution >= 0.6 is 11.3 Å². The molecule has 4 heterocycles. The van der Waals surface area contributed by atoms with Crippen molar-refractivity contribution in [3.05, 3.63) is 35.5 Å². The van der Waals surface area contributed by atoms with Crippen LogP contribution in [0.2, 0.25) is 0 Å². The fourth-order valence-electron chi connectivity index (χ4n) is 3.82. The molecule has 0 aliphatic carbocycles. The SMILES string of the molecule is C=CC(=O)N1CCC[C@H](Nc2nc(CN3CCOCC3)cc(Nc3ncc(C)s3)n2)C1. The van der Waals surface area contributed by atoms with E-state index in [9.17, 15) is 4.79 Å². The van der Waals surface area contributed by atoms with Crippen LogP contribution in [-0.2, 0) is 16.1 Å². The molecule has 2 aromatic rings. The number of thiazole rings is 1. The summed E-state index contributed by atoms with van der Waals surface area (Å²) in [6.07, 6.45) is 5.12. The molecule has 0 bridgehead atoms. The van der Waals surface area contributed by atoms with Gasteiger partial charge < -0.3 is 20.3 Å². The molecule has 0 radical (unpaired) electrons. The highest BCUT2D eigenvalue weighted by Crippen LogP contribution is 2.23. The molecule has 1 atom stereocenters. The van der Waals surface area contributed by atoms with Crippen molar-refractivity contribution in [3.8, 4) is 0 Å². The molecule has 1 amide bonds. The first-order valence-corrected chi connectivity index (χ1v) is 11.5. The van der Waals surface area contributed by atoms with Crippen molar-refractivity contribution in [3.63, 3.8) is 0 Å². The number of amides is 1. The van der Waals surface area contributed by atoms with E-state index in [1.807, 2.05) is 24.1 Å².